The first kappa shape index (κ1) is 28.3. The van der Waals surface area contributed by atoms with Crippen molar-refractivity contribution in [2.45, 2.75) is 34.1 Å². The van der Waals surface area contributed by atoms with Gasteiger partial charge in [-0.15, -0.1) is 5.56 Å². The van der Waals surface area contributed by atoms with E-state index in [-0.39, 0.29) is 38.7 Å². The maximum absolute atomic E-state index is 13.3. The maximum atomic E-state index is 13.3. The average Bonchev–Trinajstić information content (AvgIpc) is 2.80. The summed E-state index contributed by atoms with van der Waals surface area (Å²) in [5.41, 5.74) is 3.49. The minimum atomic E-state index is -0.593. The molecule has 0 bridgehead atoms. The summed E-state index contributed by atoms with van der Waals surface area (Å²) in [7, 11) is 1.57. The first-order valence-electron chi connectivity index (χ1n) is 11.2. The number of carbonyl (C=O) groups excluding carboxylic acids is 1. The third-order valence-electron chi connectivity index (χ3n) is 5.76. The Bertz CT molecular complexity index is 1470. The van der Waals surface area contributed by atoms with E-state index in [1.165, 1.54) is 0 Å². The first-order valence-corrected chi connectivity index (χ1v) is 12.0. The van der Waals surface area contributed by atoms with E-state index >= 15 is 0 Å². The number of fused-ring (bicyclic) bond motifs is 1. The molecule has 0 fully saturated rings. The van der Waals surface area contributed by atoms with Crippen LogP contribution >= 0.6 is 15.9 Å². The molecule has 0 aliphatic carbocycles. The molecule has 36 heavy (non-hydrogen) atoms. The normalized spacial score (nSPS) is 11.2. The van der Waals surface area contributed by atoms with Crippen molar-refractivity contribution in [2.75, 3.05) is 7.11 Å². The summed E-state index contributed by atoms with van der Waals surface area (Å²) >= 11 is 3.56. The minimum Gasteiger partial charge on any atom is -0.495 e. The van der Waals surface area contributed by atoms with E-state index in [1.54, 1.807) is 31.4 Å². The number of ether oxygens (including phenoxy) is 2. The van der Waals surface area contributed by atoms with Crippen molar-refractivity contribution in [3.63, 3.8) is 0 Å². The molecule has 0 aliphatic rings. The fourth-order valence-corrected chi connectivity index (χ4v) is 4.32. The summed E-state index contributed by atoms with van der Waals surface area (Å²) < 4.78 is 17.4. The van der Waals surface area contributed by atoms with Gasteiger partial charge in [-0.2, -0.15) is 29.8 Å². The van der Waals surface area contributed by atoms with Crippen LogP contribution in [-0.2, 0) is 43.9 Å². The molecule has 7 heteroatoms. The van der Waals surface area contributed by atoms with Crippen molar-refractivity contribution in [1.29, 1.82) is 0 Å². The Labute approximate surface area is 244 Å². The van der Waals surface area contributed by atoms with Gasteiger partial charge in [-0.05, 0) is 72.4 Å². The van der Waals surface area contributed by atoms with Crippen molar-refractivity contribution < 1.29 is 51.4 Å². The number of halogens is 1. The summed E-state index contributed by atoms with van der Waals surface area (Å²) in [5, 5.41) is 0.808. The smallest absolute Gasteiger partial charge is 0.342 e. The van der Waals surface area contributed by atoms with Gasteiger partial charge in [-0.3, -0.25) is 4.79 Å². The van der Waals surface area contributed by atoms with Gasteiger partial charge >= 0.3 is 11.6 Å². The Balaban J connectivity index is 0.00000361. The molecule has 0 saturated heterocycles. The minimum absolute atomic E-state index is 0. The third kappa shape index (κ3) is 5.99. The zero-order chi connectivity index (χ0) is 25.3. The second-order valence-electron chi connectivity index (χ2n) is 9.43. The van der Waals surface area contributed by atoms with Gasteiger partial charge in [0.1, 0.15) is 17.1 Å². The van der Waals surface area contributed by atoms with Gasteiger partial charge in [0.05, 0.1) is 17.0 Å². The van der Waals surface area contributed by atoms with Gasteiger partial charge in [0.25, 0.3) is 0 Å². The molecule has 0 atom stereocenters. The molecular formula is C29H26BrO5Y-. The second-order valence-corrected chi connectivity index (χ2v) is 10.3. The monoisotopic (exact) mass is 622 g/mol. The number of hydrogen-bond acceptors (Lipinski definition) is 5. The molecule has 1 radical (unpaired) electrons. The van der Waals surface area contributed by atoms with Gasteiger partial charge in [0, 0.05) is 49.7 Å². The van der Waals surface area contributed by atoms with Crippen LogP contribution in [0.2, 0.25) is 0 Å². The predicted octanol–water partition coefficient (Wildman–Crippen LogP) is 6.88. The fraction of sp³-hybridized carbons (Fsp3) is 0.241. The molecule has 0 aliphatic heterocycles. The largest absolute Gasteiger partial charge is 0.495 e. The molecule has 1 heterocycles. The van der Waals surface area contributed by atoms with Crippen LogP contribution in [0.5, 0.6) is 11.5 Å². The summed E-state index contributed by atoms with van der Waals surface area (Å²) in [6, 6.07) is 19.6. The van der Waals surface area contributed by atoms with E-state index in [9.17, 15) is 9.59 Å². The fourth-order valence-electron chi connectivity index (χ4n) is 3.81. The summed E-state index contributed by atoms with van der Waals surface area (Å²) in [4.78, 5) is 25.5. The van der Waals surface area contributed by atoms with E-state index < -0.39 is 11.0 Å². The number of methoxy groups -OCH3 is 1. The molecule has 4 aromatic rings. The van der Waals surface area contributed by atoms with Gasteiger partial charge in [0.2, 0.25) is 0 Å². The molecule has 183 valence electrons. The molecule has 0 spiro atoms. The molecule has 5 nitrogen and oxygen atoms in total. The third-order valence-corrected chi connectivity index (χ3v) is 6.37. The number of aryl methyl sites for hydroxylation is 1. The number of benzene rings is 3. The van der Waals surface area contributed by atoms with Gasteiger partial charge in [0.15, 0.2) is 0 Å². The van der Waals surface area contributed by atoms with E-state index in [4.69, 9.17) is 13.9 Å². The number of rotatable bonds is 5. The first-order chi connectivity index (χ1) is 16.6. The zero-order valence-electron chi connectivity index (χ0n) is 20.9. The summed E-state index contributed by atoms with van der Waals surface area (Å²) in [5.74, 6) is 0.762. The molecule has 0 amide bonds. The molecule has 0 saturated carbocycles. The van der Waals surface area contributed by atoms with Crippen LogP contribution in [0.15, 0.2) is 68.3 Å². The van der Waals surface area contributed by atoms with Crippen LogP contribution in [0.1, 0.15) is 37.5 Å². The van der Waals surface area contributed by atoms with E-state index in [0.717, 1.165) is 32.1 Å². The van der Waals surface area contributed by atoms with Crippen LogP contribution in [0, 0.1) is 18.4 Å². The van der Waals surface area contributed by atoms with E-state index in [1.807, 2.05) is 58.0 Å². The zero-order valence-corrected chi connectivity index (χ0v) is 25.3. The van der Waals surface area contributed by atoms with Crippen molar-refractivity contribution in [2.24, 2.45) is 5.41 Å². The Morgan fingerprint density at radius 1 is 1.11 bits per heavy atom. The van der Waals surface area contributed by atoms with Crippen LogP contribution in [-0.4, -0.2) is 13.1 Å². The summed E-state index contributed by atoms with van der Waals surface area (Å²) in [6.45, 7) is 7.39. The van der Waals surface area contributed by atoms with E-state index in [2.05, 4.69) is 22.0 Å². The Kier molecular flexibility index (Phi) is 8.97. The standard InChI is InChI=1S/C29H26BrO5.Y/c1-17-8-6-7-9-20(17)26-22(21-15-23(30)25(33-5)16-24(21)35-27(26)31)14-18-10-12-19(13-11-18)34-28(32)29(2,3)4;/h7-13,15-16H,14H2,1-5H3;/q-1;. The predicted molar refractivity (Wildman–Crippen MR) is 140 cm³/mol. The van der Waals surface area contributed by atoms with Crippen molar-refractivity contribution in [1.82, 2.24) is 0 Å². The average molecular weight is 623 g/mol. The maximum Gasteiger partial charge on any atom is 0.342 e. The van der Waals surface area contributed by atoms with Crippen molar-refractivity contribution in [3.05, 3.63) is 92.2 Å². The van der Waals surface area contributed by atoms with Crippen LogP contribution < -0.4 is 15.1 Å². The Morgan fingerprint density at radius 3 is 2.42 bits per heavy atom. The second kappa shape index (κ2) is 11.4. The molecule has 4 rings (SSSR count). The Morgan fingerprint density at radius 2 is 1.81 bits per heavy atom. The van der Waals surface area contributed by atoms with Crippen LogP contribution in [0.3, 0.4) is 0 Å². The Hall–Kier alpha value is -2.28. The number of esters is 1. The molecule has 3 aromatic carbocycles. The van der Waals surface area contributed by atoms with Gasteiger partial charge in [-0.25, -0.2) is 4.79 Å². The van der Waals surface area contributed by atoms with Crippen LogP contribution in [0.4, 0.5) is 0 Å². The topological polar surface area (TPSA) is 65.7 Å². The summed E-state index contributed by atoms with van der Waals surface area (Å²) in [6.07, 6.45) is 0.474. The van der Waals surface area contributed by atoms with E-state index in [0.29, 0.717) is 29.1 Å². The van der Waals surface area contributed by atoms with Crippen molar-refractivity contribution >= 4 is 32.9 Å². The SMILES string of the molecule is COc1cc2oc(=O)c(-c3cc[c-]cc3C)c(Cc3ccc(OC(=O)C(C)(C)C)cc3)c2cc1Br.[Y]. The molecule has 0 unspecified atom stereocenters. The number of carbonyl (C=O) groups is 1. The number of hydrogen-bond donors (Lipinski definition) is 0. The molecule has 0 N–H and O–H groups in total. The quantitative estimate of drug-likeness (QED) is 0.105. The van der Waals surface area contributed by atoms with Crippen molar-refractivity contribution in [3.8, 4) is 22.6 Å². The molecular weight excluding hydrogens is 597 g/mol. The van der Waals surface area contributed by atoms with Gasteiger partial charge < -0.3 is 13.9 Å². The van der Waals surface area contributed by atoms with Crippen LogP contribution in [0.25, 0.3) is 22.1 Å². The molecule has 1 aromatic heterocycles. The van der Waals surface area contributed by atoms with Gasteiger partial charge in [-0.1, -0.05) is 19.1 Å².